The number of rotatable bonds is 18. The Hall–Kier alpha value is -0.706. The van der Waals surface area contributed by atoms with Gasteiger partial charge in [0.05, 0.1) is 20.0 Å². The Labute approximate surface area is 185 Å². The molecule has 1 N–H and O–H groups in total. The molecule has 0 atom stereocenters. The van der Waals surface area contributed by atoms with Crippen molar-refractivity contribution in [1.82, 2.24) is 0 Å². The lowest BCUT2D eigenvalue weighted by atomic mass is 10.1. The van der Waals surface area contributed by atoms with Crippen LogP contribution in [0.25, 0.3) is 0 Å². The van der Waals surface area contributed by atoms with Crippen molar-refractivity contribution in [3.63, 3.8) is 0 Å². The molecule has 0 radical (unpaired) electrons. The van der Waals surface area contributed by atoms with Crippen LogP contribution in [0, 0.1) is 0 Å². The summed E-state index contributed by atoms with van der Waals surface area (Å²) in [6, 6.07) is 0. The van der Waals surface area contributed by atoms with E-state index in [4.69, 9.17) is 9.53 Å². The quantitative estimate of drug-likeness (QED) is 0.196. The third kappa shape index (κ3) is 32.2. The van der Waals surface area contributed by atoms with Gasteiger partial charge >= 0.3 is 16.0 Å². The molecule has 0 aliphatic carbocycles. The first-order valence-corrected chi connectivity index (χ1v) is 12.2. The average molecular weight is 453 g/mol. The van der Waals surface area contributed by atoms with Crippen molar-refractivity contribution in [3.05, 3.63) is 0 Å². The highest BCUT2D eigenvalue weighted by Crippen LogP contribution is 2.07. The van der Waals surface area contributed by atoms with E-state index in [0.717, 1.165) is 13.2 Å². The van der Waals surface area contributed by atoms with Crippen molar-refractivity contribution in [1.29, 1.82) is 0 Å². The monoisotopic (exact) mass is 452 g/mol. The van der Waals surface area contributed by atoms with Crippen molar-refractivity contribution in [3.8, 4) is 0 Å². The van der Waals surface area contributed by atoms with Crippen LogP contribution in [-0.4, -0.2) is 58.0 Å². The van der Waals surface area contributed by atoms with Gasteiger partial charge in [-0.1, -0.05) is 78.1 Å². The number of hydrogen-bond donors (Lipinski definition) is 1. The van der Waals surface area contributed by atoms with E-state index in [1.165, 1.54) is 84.2 Å². The van der Waals surface area contributed by atoms with Crippen molar-refractivity contribution in [2.75, 3.05) is 20.3 Å². The Morgan fingerprint density at radius 3 is 1.55 bits per heavy atom. The van der Waals surface area contributed by atoms with Gasteiger partial charge < -0.3 is 18.7 Å². The van der Waals surface area contributed by atoms with E-state index in [-0.39, 0.29) is 23.8 Å². The second kappa shape index (κ2) is 29.5. The van der Waals surface area contributed by atoms with Gasteiger partial charge in [0.15, 0.2) is 0 Å². The van der Waals surface area contributed by atoms with E-state index in [2.05, 4.69) is 23.0 Å². The standard InChI is InChI=1S/C16H34O.C5H10O5Si.H4Si/c1-3-5-7-9-11-13-15-17-16-14-12-10-8-6-4-2;1-9-4(6)2-3-5(7)10-11-8;/h3-16H2,1-2H3;8H,2-3,11H2,1H3;1H4. The molecular weight excluding hydrogens is 404 g/mol. The highest BCUT2D eigenvalue weighted by molar-refractivity contribution is 6.20. The fraction of sp³-hybridized carbons (Fsp3) is 0.905. The normalized spacial score (nSPS) is 10.2. The molecule has 0 rings (SSSR count). The molecule has 0 amide bonds. The van der Waals surface area contributed by atoms with Gasteiger partial charge in [-0.2, -0.15) is 0 Å². The van der Waals surface area contributed by atoms with Crippen LogP contribution < -0.4 is 0 Å². The number of carbonyl (C=O) groups is 2. The fourth-order valence-corrected chi connectivity index (χ4v) is 2.81. The molecule has 0 aromatic heterocycles. The predicted molar refractivity (Wildman–Crippen MR) is 127 cm³/mol. The molecule has 0 saturated heterocycles. The molecule has 0 fully saturated rings. The van der Waals surface area contributed by atoms with Gasteiger partial charge in [-0.25, -0.2) is 0 Å². The maximum atomic E-state index is 10.5. The zero-order valence-electron chi connectivity index (χ0n) is 18.5. The Morgan fingerprint density at radius 1 is 0.724 bits per heavy atom. The minimum absolute atomic E-state index is 0. The largest absolute Gasteiger partial charge is 0.499 e. The van der Waals surface area contributed by atoms with Gasteiger partial charge in [-0.05, 0) is 23.8 Å². The summed E-state index contributed by atoms with van der Waals surface area (Å²) >= 11 is 0. The van der Waals surface area contributed by atoms with Gasteiger partial charge in [-0.15, -0.1) is 0 Å². The number of ether oxygens (including phenoxy) is 2. The molecule has 6 nitrogen and oxygen atoms in total. The summed E-state index contributed by atoms with van der Waals surface area (Å²) in [4.78, 5) is 29.2. The molecule has 0 spiro atoms. The Balaban J connectivity index is -0.000000491. The van der Waals surface area contributed by atoms with E-state index in [0.29, 0.717) is 0 Å². The molecule has 29 heavy (non-hydrogen) atoms. The minimum Gasteiger partial charge on any atom is -0.499 e. The molecule has 8 heteroatoms. The Kier molecular flexibility index (Phi) is 33.5. The van der Waals surface area contributed by atoms with E-state index < -0.39 is 21.9 Å². The lowest BCUT2D eigenvalue weighted by Crippen LogP contribution is -2.10. The van der Waals surface area contributed by atoms with Crippen molar-refractivity contribution in [2.45, 2.75) is 104 Å². The molecule has 176 valence electrons. The third-order valence-electron chi connectivity index (χ3n) is 4.27. The summed E-state index contributed by atoms with van der Waals surface area (Å²) in [6.07, 6.45) is 16.3. The summed E-state index contributed by atoms with van der Waals surface area (Å²) in [5.41, 5.74) is 0. The number of carbonyl (C=O) groups excluding carboxylic acids is 2. The predicted octanol–water partition coefficient (Wildman–Crippen LogP) is 2.75. The minimum atomic E-state index is -1.69. The topological polar surface area (TPSA) is 82.1 Å². The van der Waals surface area contributed by atoms with E-state index in [1.54, 1.807) is 0 Å². The van der Waals surface area contributed by atoms with Crippen LogP contribution in [0.5, 0.6) is 0 Å². The lowest BCUT2D eigenvalue weighted by Gasteiger charge is -2.04. The zero-order valence-corrected chi connectivity index (χ0v) is 19.9. The molecule has 0 aliphatic heterocycles. The van der Waals surface area contributed by atoms with Crippen LogP contribution in [0.3, 0.4) is 0 Å². The molecule has 0 saturated carbocycles. The van der Waals surface area contributed by atoms with E-state index in [9.17, 15) is 9.59 Å². The van der Waals surface area contributed by atoms with Gasteiger partial charge in [0.25, 0.3) is 5.97 Å². The van der Waals surface area contributed by atoms with Crippen LogP contribution >= 0.6 is 0 Å². The summed E-state index contributed by atoms with van der Waals surface area (Å²) < 4.78 is 14.2. The maximum absolute atomic E-state index is 10.5. The zero-order chi connectivity index (χ0) is 21.3. The third-order valence-corrected chi connectivity index (χ3v) is 4.72. The second-order valence-corrected chi connectivity index (χ2v) is 7.42. The van der Waals surface area contributed by atoms with Gasteiger partial charge in [0.2, 0.25) is 0 Å². The molecule has 0 aromatic carbocycles. The molecule has 0 bridgehead atoms. The Bertz CT molecular complexity index is 329. The highest BCUT2D eigenvalue weighted by Gasteiger charge is 2.06. The highest BCUT2D eigenvalue weighted by atomic mass is 28.2. The first kappa shape index (κ1) is 32.9. The molecule has 0 aliphatic rings. The summed E-state index contributed by atoms with van der Waals surface area (Å²) in [7, 11) is -0.442. The van der Waals surface area contributed by atoms with Crippen LogP contribution in [0.2, 0.25) is 0 Å². The lowest BCUT2D eigenvalue weighted by molar-refractivity contribution is -0.144. The van der Waals surface area contributed by atoms with Crippen LogP contribution in [0.15, 0.2) is 0 Å². The van der Waals surface area contributed by atoms with Crippen molar-refractivity contribution >= 4 is 32.9 Å². The molecule has 0 unspecified atom stereocenters. The number of unbranched alkanes of at least 4 members (excludes halogenated alkanes) is 10. The van der Waals surface area contributed by atoms with Crippen molar-refractivity contribution in [2.24, 2.45) is 0 Å². The number of hydrogen-bond acceptors (Lipinski definition) is 6. The number of esters is 1. The molecule has 0 heterocycles. The van der Waals surface area contributed by atoms with Gasteiger partial charge in [0, 0.05) is 13.2 Å². The van der Waals surface area contributed by atoms with Crippen LogP contribution in [0.1, 0.15) is 104 Å². The first-order valence-electron chi connectivity index (χ1n) is 11.0. The molecule has 0 aromatic rings. The summed E-state index contributed by atoms with van der Waals surface area (Å²) in [5, 5.41) is 0. The van der Waals surface area contributed by atoms with Crippen LogP contribution in [0.4, 0.5) is 0 Å². The maximum Gasteiger partial charge on any atom is 0.366 e. The second-order valence-electron chi connectivity index (χ2n) is 6.87. The van der Waals surface area contributed by atoms with Gasteiger partial charge in [-0.3, -0.25) is 9.59 Å². The summed E-state index contributed by atoms with van der Waals surface area (Å²) in [5.74, 6) is -1.01. The van der Waals surface area contributed by atoms with Gasteiger partial charge in [0.1, 0.15) is 0 Å². The Morgan fingerprint density at radius 2 is 1.14 bits per heavy atom. The van der Waals surface area contributed by atoms with E-state index in [1.807, 2.05) is 0 Å². The molecular formula is C21H48O6Si2. The van der Waals surface area contributed by atoms with Crippen molar-refractivity contribution < 1.29 is 28.3 Å². The summed E-state index contributed by atoms with van der Waals surface area (Å²) in [6.45, 7) is 6.51. The SMILES string of the molecule is CCCCCCCCOCCCCCCCC.COC(=O)CCC(=O)O[SiH2]O.[SiH4]. The number of methoxy groups -OCH3 is 1. The first-order chi connectivity index (χ1) is 13.6. The van der Waals surface area contributed by atoms with E-state index >= 15 is 0 Å². The van der Waals surface area contributed by atoms with Crippen LogP contribution in [-0.2, 0) is 23.5 Å². The smallest absolute Gasteiger partial charge is 0.366 e. The fourth-order valence-electron chi connectivity index (χ4n) is 2.52. The average Bonchev–Trinajstić information content (AvgIpc) is 2.70.